The first-order valence-corrected chi connectivity index (χ1v) is 5.44. The maximum atomic E-state index is 5.80. The summed E-state index contributed by atoms with van der Waals surface area (Å²) in [5.74, 6) is 2.21. The molecule has 0 saturated heterocycles. The monoisotopic (exact) mass is 208 g/mol. The normalized spacial score (nSPS) is 11.0. The quantitative estimate of drug-likeness (QED) is 0.764. The van der Waals surface area contributed by atoms with Gasteiger partial charge in [0.15, 0.2) is 5.82 Å². The van der Waals surface area contributed by atoms with E-state index >= 15 is 0 Å². The molecule has 0 aromatic carbocycles. The molecular formula is C9H12N4S. The van der Waals surface area contributed by atoms with E-state index in [2.05, 4.69) is 16.9 Å². The van der Waals surface area contributed by atoms with E-state index < -0.39 is 0 Å². The number of anilines is 1. The Hall–Kier alpha value is -1.23. The minimum atomic E-state index is 0.565. The molecule has 0 amide bonds. The van der Waals surface area contributed by atoms with E-state index in [0.29, 0.717) is 11.6 Å². The van der Waals surface area contributed by atoms with E-state index in [1.807, 2.05) is 17.5 Å². The second-order valence-corrected chi connectivity index (χ2v) is 4.29. The molecule has 0 saturated carbocycles. The van der Waals surface area contributed by atoms with Crippen molar-refractivity contribution < 1.29 is 0 Å². The molecule has 0 fully saturated rings. The van der Waals surface area contributed by atoms with Crippen molar-refractivity contribution in [3.63, 3.8) is 0 Å². The van der Waals surface area contributed by atoms with Gasteiger partial charge in [0.2, 0.25) is 5.78 Å². The third kappa shape index (κ3) is 1.43. The van der Waals surface area contributed by atoms with E-state index in [4.69, 9.17) is 5.73 Å². The van der Waals surface area contributed by atoms with Crippen molar-refractivity contribution in [1.29, 1.82) is 0 Å². The van der Waals surface area contributed by atoms with Crippen LogP contribution in [0.15, 0.2) is 17.4 Å². The van der Waals surface area contributed by atoms with Crippen LogP contribution in [0.2, 0.25) is 0 Å². The first kappa shape index (κ1) is 9.33. The molecule has 74 valence electrons. The topological polar surface area (TPSA) is 56.2 Å². The number of hydrogen-bond donors (Lipinski definition) is 1. The number of nitrogens with zero attached hydrogens (tertiary/aromatic N) is 3. The van der Waals surface area contributed by atoms with E-state index in [0.717, 1.165) is 16.3 Å². The molecule has 0 bridgehead atoms. The zero-order valence-electron chi connectivity index (χ0n) is 8.19. The summed E-state index contributed by atoms with van der Waals surface area (Å²) >= 11 is 1.68. The molecule has 2 aromatic rings. The first-order valence-electron chi connectivity index (χ1n) is 4.45. The smallest absolute Gasteiger partial charge is 0.236 e. The van der Waals surface area contributed by atoms with Crippen molar-refractivity contribution in [2.24, 2.45) is 0 Å². The van der Waals surface area contributed by atoms with Gasteiger partial charge < -0.3 is 5.73 Å². The van der Waals surface area contributed by atoms with Crippen LogP contribution in [0.3, 0.4) is 0 Å². The molecule has 0 aliphatic heterocycles. The molecule has 0 atom stereocenters. The lowest BCUT2D eigenvalue weighted by Gasteiger charge is -2.00. The molecule has 2 heterocycles. The lowest BCUT2D eigenvalue weighted by Crippen LogP contribution is -1.92. The van der Waals surface area contributed by atoms with E-state index in [1.165, 1.54) is 0 Å². The predicted octanol–water partition coefficient (Wildman–Crippen LogP) is 1.73. The highest BCUT2D eigenvalue weighted by Gasteiger charge is 2.09. The predicted molar refractivity (Wildman–Crippen MR) is 58.5 cm³/mol. The summed E-state index contributed by atoms with van der Waals surface area (Å²) in [4.78, 5) is 8.38. The van der Waals surface area contributed by atoms with E-state index in [-0.39, 0.29) is 0 Å². The van der Waals surface area contributed by atoms with Gasteiger partial charge in [0.25, 0.3) is 0 Å². The summed E-state index contributed by atoms with van der Waals surface area (Å²) in [5, 5.41) is 0.985. The number of imidazole rings is 1. The summed E-state index contributed by atoms with van der Waals surface area (Å²) < 4.78 is 1.94. The van der Waals surface area contributed by atoms with Crippen LogP contribution in [0.4, 0.5) is 5.82 Å². The zero-order valence-corrected chi connectivity index (χ0v) is 9.01. The minimum absolute atomic E-state index is 0.565. The van der Waals surface area contributed by atoms with Crippen molar-refractivity contribution in [2.75, 3.05) is 11.5 Å². The Morgan fingerprint density at radius 1 is 1.57 bits per heavy atom. The van der Waals surface area contributed by atoms with Crippen molar-refractivity contribution in [1.82, 2.24) is 14.4 Å². The number of aryl methyl sites for hydroxylation is 1. The lowest BCUT2D eigenvalue weighted by molar-refractivity contribution is 0.997. The Balaban J connectivity index is 2.66. The second-order valence-electron chi connectivity index (χ2n) is 3.04. The van der Waals surface area contributed by atoms with E-state index in [9.17, 15) is 0 Å². The minimum Gasteiger partial charge on any atom is -0.381 e. The molecule has 2 N–H and O–H groups in total. The van der Waals surface area contributed by atoms with Crippen LogP contribution in [0.1, 0.15) is 12.5 Å². The average Bonchev–Trinajstić information content (AvgIpc) is 2.45. The lowest BCUT2D eigenvalue weighted by atomic mass is 10.4. The fourth-order valence-corrected chi connectivity index (χ4v) is 2.05. The molecular weight excluding hydrogens is 196 g/mol. The highest BCUT2D eigenvalue weighted by molar-refractivity contribution is 7.99. The fraction of sp³-hybridized carbons (Fsp3) is 0.333. The van der Waals surface area contributed by atoms with Crippen LogP contribution < -0.4 is 5.73 Å². The Labute approximate surface area is 86.5 Å². The van der Waals surface area contributed by atoms with Crippen LogP contribution in [-0.2, 0) is 0 Å². The summed E-state index contributed by atoms with van der Waals surface area (Å²) in [6, 6.07) is 0. The standard InChI is InChI=1S/C9H12N4S/c1-3-14-8-7(10)12-9-11-4-6(2)5-13(8)9/h4-5H,3,10H2,1-2H3. The summed E-state index contributed by atoms with van der Waals surface area (Å²) in [6.45, 7) is 4.09. The Morgan fingerprint density at radius 2 is 2.36 bits per heavy atom. The largest absolute Gasteiger partial charge is 0.381 e. The van der Waals surface area contributed by atoms with Gasteiger partial charge in [0.05, 0.1) is 0 Å². The molecule has 5 heteroatoms. The van der Waals surface area contributed by atoms with Crippen molar-refractivity contribution in [3.8, 4) is 0 Å². The van der Waals surface area contributed by atoms with Gasteiger partial charge >= 0.3 is 0 Å². The molecule has 0 aliphatic rings. The molecule has 2 rings (SSSR count). The van der Waals surface area contributed by atoms with Gasteiger partial charge in [-0.25, -0.2) is 4.98 Å². The second kappa shape index (κ2) is 3.49. The average molecular weight is 208 g/mol. The summed E-state index contributed by atoms with van der Waals surface area (Å²) in [6.07, 6.45) is 3.80. The highest BCUT2D eigenvalue weighted by atomic mass is 32.2. The molecule has 14 heavy (non-hydrogen) atoms. The number of hydrogen-bond acceptors (Lipinski definition) is 4. The van der Waals surface area contributed by atoms with Crippen LogP contribution in [0.25, 0.3) is 5.78 Å². The summed E-state index contributed by atoms with van der Waals surface area (Å²) in [7, 11) is 0. The highest BCUT2D eigenvalue weighted by Crippen LogP contribution is 2.25. The van der Waals surface area contributed by atoms with E-state index in [1.54, 1.807) is 18.0 Å². The molecule has 0 unspecified atom stereocenters. The molecule has 0 aliphatic carbocycles. The molecule has 2 aromatic heterocycles. The van der Waals surface area contributed by atoms with Gasteiger partial charge in [0.1, 0.15) is 5.03 Å². The Bertz CT molecular complexity index is 463. The van der Waals surface area contributed by atoms with Gasteiger partial charge in [-0.2, -0.15) is 4.98 Å². The van der Waals surface area contributed by atoms with Gasteiger partial charge in [0, 0.05) is 12.4 Å². The zero-order chi connectivity index (χ0) is 10.1. The third-order valence-electron chi connectivity index (χ3n) is 1.87. The van der Waals surface area contributed by atoms with Crippen LogP contribution in [0.5, 0.6) is 0 Å². The molecule has 4 nitrogen and oxygen atoms in total. The number of aromatic nitrogens is 3. The number of nitrogens with two attached hydrogens (primary N) is 1. The van der Waals surface area contributed by atoms with Gasteiger partial charge in [-0.05, 0) is 18.2 Å². The summed E-state index contributed by atoms with van der Waals surface area (Å²) in [5.41, 5.74) is 6.90. The third-order valence-corrected chi connectivity index (χ3v) is 2.84. The first-order chi connectivity index (χ1) is 6.72. The maximum absolute atomic E-state index is 5.80. The molecule has 0 spiro atoms. The van der Waals surface area contributed by atoms with Crippen LogP contribution in [-0.4, -0.2) is 20.1 Å². The van der Waals surface area contributed by atoms with Crippen molar-refractivity contribution >= 4 is 23.4 Å². The Morgan fingerprint density at radius 3 is 3.07 bits per heavy atom. The SMILES string of the molecule is CCSc1c(N)nc2ncc(C)cn12. The maximum Gasteiger partial charge on any atom is 0.236 e. The van der Waals surface area contributed by atoms with Gasteiger partial charge in [-0.1, -0.05) is 6.92 Å². The molecule has 0 radical (unpaired) electrons. The van der Waals surface area contributed by atoms with Gasteiger partial charge in [-0.3, -0.25) is 4.40 Å². The number of fused-ring (bicyclic) bond motifs is 1. The van der Waals surface area contributed by atoms with Crippen molar-refractivity contribution in [3.05, 3.63) is 18.0 Å². The number of thioether (sulfide) groups is 1. The Kier molecular flexibility index (Phi) is 2.33. The van der Waals surface area contributed by atoms with Crippen molar-refractivity contribution in [2.45, 2.75) is 18.9 Å². The fourth-order valence-electron chi connectivity index (χ4n) is 1.31. The number of rotatable bonds is 2. The number of nitrogen functional groups attached to an aromatic ring is 1. The van der Waals surface area contributed by atoms with Gasteiger partial charge in [-0.15, -0.1) is 11.8 Å². The van der Waals surface area contributed by atoms with Crippen LogP contribution in [0, 0.1) is 6.92 Å². The van der Waals surface area contributed by atoms with Crippen LogP contribution >= 0.6 is 11.8 Å².